The quantitative estimate of drug-likeness (QED) is 0.766. The van der Waals surface area contributed by atoms with Crippen LogP contribution in [0.2, 0.25) is 0 Å². The molecule has 2 amide bonds. The van der Waals surface area contributed by atoms with E-state index in [9.17, 15) is 4.79 Å². The summed E-state index contributed by atoms with van der Waals surface area (Å²) in [6.07, 6.45) is 4.39. The fraction of sp³-hybridized carbons (Fsp3) is 0.632. The highest BCUT2D eigenvalue weighted by molar-refractivity contribution is 7.98. The Morgan fingerprint density at radius 2 is 2.04 bits per heavy atom. The zero-order valence-electron chi connectivity index (χ0n) is 15.0. The van der Waals surface area contributed by atoms with Crippen molar-refractivity contribution in [3.63, 3.8) is 0 Å². The Kier molecular flexibility index (Phi) is 8.47. The van der Waals surface area contributed by atoms with Crippen LogP contribution in [0.3, 0.4) is 0 Å². The molecule has 2 rings (SSSR count). The summed E-state index contributed by atoms with van der Waals surface area (Å²) in [5, 5.41) is 3.08. The van der Waals surface area contributed by atoms with Crippen molar-refractivity contribution in [1.82, 2.24) is 15.1 Å². The van der Waals surface area contributed by atoms with E-state index in [1.165, 1.54) is 12.0 Å². The van der Waals surface area contributed by atoms with E-state index in [1.807, 2.05) is 22.7 Å². The Balaban J connectivity index is 1.56. The number of urea groups is 1. The Hall–Kier alpha value is -1.20. The van der Waals surface area contributed by atoms with E-state index in [4.69, 9.17) is 0 Å². The molecule has 134 valence electrons. The van der Waals surface area contributed by atoms with E-state index in [2.05, 4.69) is 48.6 Å². The molecule has 0 saturated carbocycles. The fourth-order valence-electron chi connectivity index (χ4n) is 3.04. The van der Waals surface area contributed by atoms with Gasteiger partial charge in [0.15, 0.2) is 0 Å². The average Bonchev–Trinajstić information content (AvgIpc) is 2.85. The number of benzene rings is 1. The van der Waals surface area contributed by atoms with Gasteiger partial charge in [-0.05, 0) is 51.1 Å². The number of thioether (sulfide) groups is 1. The standard InChI is InChI=1S/C19H31N3OS/c1-21(2)18-10-6-13-22(14-11-18)19(23)20-12-7-15-24-16-17-8-4-3-5-9-17/h3-5,8-9,18H,6-7,10-16H2,1-2H3,(H,20,23)/t18-/m1/s1. The van der Waals surface area contributed by atoms with Crippen molar-refractivity contribution in [2.45, 2.75) is 37.5 Å². The van der Waals surface area contributed by atoms with E-state index in [-0.39, 0.29) is 6.03 Å². The summed E-state index contributed by atoms with van der Waals surface area (Å²) in [4.78, 5) is 16.5. The highest BCUT2D eigenvalue weighted by Crippen LogP contribution is 2.15. The van der Waals surface area contributed by atoms with Gasteiger partial charge in [-0.2, -0.15) is 11.8 Å². The first-order valence-electron chi connectivity index (χ1n) is 8.97. The average molecular weight is 350 g/mol. The maximum Gasteiger partial charge on any atom is 0.317 e. The predicted molar refractivity (Wildman–Crippen MR) is 104 cm³/mol. The summed E-state index contributed by atoms with van der Waals surface area (Å²) in [6.45, 7) is 2.53. The summed E-state index contributed by atoms with van der Waals surface area (Å²) < 4.78 is 0. The van der Waals surface area contributed by atoms with Gasteiger partial charge >= 0.3 is 6.03 Å². The lowest BCUT2D eigenvalue weighted by Gasteiger charge is -2.23. The molecule has 1 aliphatic heterocycles. The van der Waals surface area contributed by atoms with Gasteiger partial charge in [-0.3, -0.25) is 0 Å². The monoisotopic (exact) mass is 349 g/mol. The third kappa shape index (κ3) is 6.73. The molecule has 1 heterocycles. The Bertz CT molecular complexity index is 481. The van der Waals surface area contributed by atoms with Gasteiger partial charge in [-0.15, -0.1) is 0 Å². The maximum absolute atomic E-state index is 12.3. The molecule has 0 unspecified atom stereocenters. The van der Waals surface area contributed by atoms with Gasteiger partial charge in [0.05, 0.1) is 0 Å². The lowest BCUT2D eigenvalue weighted by Crippen LogP contribution is -2.41. The van der Waals surface area contributed by atoms with Crippen LogP contribution in [0.15, 0.2) is 30.3 Å². The van der Waals surface area contributed by atoms with Crippen molar-refractivity contribution >= 4 is 17.8 Å². The molecule has 5 heteroatoms. The van der Waals surface area contributed by atoms with Crippen LogP contribution in [-0.2, 0) is 5.75 Å². The first-order chi connectivity index (χ1) is 11.7. The summed E-state index contributed by atoms with van der Waals surface area (Å²) >= 11 is 1.93. The zero-order chi connectivity index (χ0) is 17.2. The molecule has 1 aliphatic rings. The third-order valence-electron chi connectivity index (χ3n) is 4.57. The second-order valence-corrected chi connectivity index (χ2v) is 7.76. The molecular formula is C19H31N3OS. The van der Waals surface area contributed by atoms with E-state index >= 15 is 0 Å². The van der Waals surface area contributed by atoms with Crippen molar-refractivity contribution in [3.8, 4) is 0 Å². The number of hydrogen-bond acceptors (Lipinski definition) is 3. The predicted octanol–water partition coefficient (Wildman–Crippen LogP) is 3.44. The first-order valence-corrected chi connectivity index (χ1v) is 10.1. The maximum atomic E-state index is 12.3. The number of rotatable bonds is 7. The minimum absolute atomic E-state index is 0.113. The molecule has 1 N–H and O–H groups in total. The number of nitrogens with one attached hydrogen (secondary N) is 1. The molecule has 1 saturated heterocycles. The van der Waals surface area contributed by atoms with E-state index < -0.39 is 0 Å². The van der Waals surface area contributed by atoms with Gasteiger partial charge in [0, 0.05) is 31.4 Å². The summed E-state index contributed by atoms with van der Waals surface area (Å²) in [7, 11) is 4.26. The molecule has 4 nitrogen and oxygen atoms in total. The molecular weight excluding hydrogens is 318 g/mol. The molecule has 0 spiro atoms. The van der Waals surface area contributed by atoms with Crippen molar-refractivity contribution < 1.29 is 4.79 Å². The van der Waals surface area contributed by atoms with Crippen molar-refractivity contribution in [2.24, 2.45) is 0 Å². The Morgan fingerprint density at radius 3 is 2.79 bits per heavy atom. The smallest absolute Gasteiger partial charge is 0.317 e. The number of carbonyl (C=O) groups is 1. The molecule has 24 heavy (non-hydrogen) atoms. The summed E-state index contributed by atoms with van der Waals surface area (Å²) in [5.41, 5.74) is 1.37. The van der Waals surface area contributed by atoms with Crippen LogP contribution in [0.4, 0.5) is 4.79 Å². The lowest BCUT2D eigenvalue weighted by molar-refractivity contribution is 0.197. The third-order valence-corrected chi connectivity index (χ3v) is 5.68. The second-order valence-electron chi connectivity index (χ2n) is 6.66. The van der Waals surface area contributed by atoms with Crippen molar-refractivity contribution in [2.75, 3.05) is 39.5 Å². The highest BCUT2D eigenvalue weighted by Gasteiger charge is 2.21. The molecule has 0 aromatic heterocycles. The van der Waals surface area contributed by atoms with Crippen LogP contribution >= 0.6 is 11.8 Å². The number of hydrogen-bond donors (Lipinski definition) is 1. The van der Waals surface area contributed by atoms with E-state index in [0.29, 0.717) is 6.04 Å². The summed E-state index contributed by atoms with van der Waals surface area (Å²) in [5.74, 6) is 2.13. The first kappa shape index (κ1) is 19.1. The zero-order valence-corrected chi connectivity index (χ0v) is 15.9. The Morgan fingerprint density at radius 1 is 1.25 bits per heavy atom. The van der Waals surface area contributed by atoms with Crippen molar-refractivity contribution in [3.05, 3.63) is 35.9 Å². The number of likely N-dealkylation sites (tertiary alicyclic amines) is 1. The molecule has 1 fully saturated rings. The molecule has 1 aromatic carbocycles. The number of nitrogens with zero attached hydrogens (tertiary/aromatic N) is 2. The topological polar surface area (TPSA) is 35.6 Å². The van der Waals surface area contributed by atoms with Gasteiger partial charge in [0.2, 0.25) is 0 Å². The number of carbonyl (C=O) groups excluding carboxylic acids is 1. The molecule has 1 atom stereocenters. The van der Waals surface area contributed by atoms with E-state index in [1.54, 1.807) is 0 Å². The van der Waals surface area contributed by atoms with Gasteiger partial charge in [0.1, 0.15) is 0 Å². The lowest BCUT2D eigenvalue weighted by atomic mass is 10.1. The fourth-order valence-corrected chi connectivity index (χ4v) is 3.96. The highest BCUT2D eigenvalue weighted by atomic mass is 32.2. The normalized spacial score (nSPS) is 18.5. The molecule has 0 bridgehead atoms. The van der Waals surface area contributed by atoms with Crippen LogP contribution in [0.5, 0.6) is 0 Å². The minimum atomic E-state index is 0.113. The van der Waals surface area contributed by atoms with Crippen LogP contribution in [0, 0.1) is 0 Å². The molecule has 0 aliphatic carbocycles. The summed E-state index contributed by atoms with van der Waals surface area (Å²) in [6, 6.07) is 11.3. The van der Waals surface area contributed by atoms with E-state index in [0.717, 1.165) is 50.4 Å². The van der Waals surface area contributed by atoms with Gasteiger partial charge in [-0.1, -0.05) is 30.3 Å². The second kappa shape index (κ2) is 10.6. The van der Waals surface area contributed by atoms with Crippen LogP contribution in [0.25, 0.3) is 0 Å². The SMILES string of the molecule is CN(C)[C@@H]1CCCN(C(=O)NCCCSCc2ccccc2)CC1. The Labute approximate surface area is 151 Å². The van der Waals surface area contributed by atoms with Crippen molar-refractivity contribution in [1.29, 1.82) is 0 Å². The van der Waals surface area contributed by atoms with Crippen LogP contribution in [0.1, 0.15) is 31.2 Å². The minimum Gasteiger partial charge on any atom is -0.338 e. The largest absolute Gasteiger partial charge is 0.338 e. The molecule has 1 aromatic rings. The van der Waals surface area contributed by atoms with Gasteiger partial charge in [0.25, 0.3) is 0 Å². The molecule has 0 radical (unpaired) electrons. The van der Waals surface area contributed by atoms with Crippen LogP contribution in [-0.4, -0.2) is 61.4 Å². The van der Waals surface area contributed by atoms with Crippen LogP contribution < -0.4 is 5.32 Å². The van der Waals surface area contributed by atoms with Gasteiger partial charge < -0.3 is 15.1 Å². The number of amides is 2. The van der Waals surface area contributed by atoms with Gasteiger partial charge in [-0.25, -0.2) is 4.79 Å².